The molecule has 10 nitrogen and oxygen atoms in total. The molecule has 2 fully saturated rings. The third kappa shape index (κ3) is 4.11. The number of phenols is 1. The molecule has 1 amide bonds. The van der Waals surface area contributed by atoms with Gasteiger partial charge in [-0.15, -0.1) is 0 Å². The number of morpholine rings is 1. The fraction of sp³-hybridized carbons (Fsp3) is 0.455. The number of nitrogens with zero attached hydrogens (tertiary/aromatic N) is 7. The van der Waals surface area contributed by atoms with E-state index in [4.69, 9.17) is 14.7 Å². The fourth-order valence-electron chi connectivity index (χ4n) is 4.12. The van der Waals surface area contributed by atoms with Crippen molar-refractivity contribution in [2.75, 3.05) is 64.4 Å². The van der Waals surface area contributed by atoms with Crippen LogP contribution in [0.4, 0.5) is 5.95 Å². The molecule has 2 saturated heterocycles. The van der Waals surface area contributed by atoms with Crippen LogP contribution in [0, 0.1) is 0 Å². The molecule has 0 aliphatic carbocycles. The summed E-state index contributed by atoms with van der Waals surface area (Å²) in [5, 5.41) is 15.2. The van der Waals surface area contributed by atoms with E-state index >= 15 is 0 Å². The summed E-state index contributed by atoms with van der Waals surface area (Å²) < 4.78 is 7.13. The molecule has 0 spiro atoms. The number of rotatable bonds is 4. The number of ether oxygens (including phenoxy) is 1. The van der Waals surface area contributed by atoms with Gasteiger partial charge in [0.25, 0.3) is 0 Å². The van der Waals surface area contributed by atoms with Crippen LogP contribution in [0.25, 0.3) is 22.3 Å². The van der Waals surface area contributed by atoms with Crippen LogP contribution in [-0.4, -0.2) is 100 Å². The number of aromatic hydroxyl groups is 1. The average molecular weight is 438 g/mol. The minimum atomic E-state index is 0.0357. The molecule has 0 unspecified atom stereocenters. The molecule has 1 aromatic carbocycles. The van der Waals surface area contributed by atoms with Crippen molar-refractivity contribution in [2.45, 2.75) is 6.54 Å². The zero-order chi connectivity index (χ0) is 22.1. The van der Waals surface area contributed by atoms with Crippen LogP contribution in [0.5, 0.6) is 5.75 Å². The largest absolute Gasteiger partial charge is 0.508 e. The summed E-state index contributed by atoms with van der Waals surface area (Å²) >= 11 is 0. The van der Waals surface area contributed by atoms with E-state index in [9.17, 15) is 9.90 Å². The SMILES string of the molecule is CN1CCN(C(=O)Cn2ncc3c(-c4cccc(O)c4)nc(N4CCOCC4)nc32)CC1. The Morgan fingerprint density at radius 3 is 2.62 bits per heavy atom. The van der Waals surface area contributed by atoms with Crippen molar-refractivity contribution in [3.63, 3.8) is 0 Å². The van der Waals surface area contributed by atoms with E-state index in [-0.39, 0.29) is 18.2 Å². The van der Waals surface area contributed by atoms with Gasteiger partial charge in [0.2, 0.25) is 11.9 Å². The first-order valence-electron chi connectivity index (χ1n) is 10.9. The lowest BCUT2D eigenvalue weighted by atomic mass is 10.1. The number of amides is 1. The fourth-order valence-corrected chi connectivity index (χ4v) is 4.12. The van der Waals surface area contributed by atoms with Crippen LogP contribution in [0.1, 0.15) is 0 Å². The Morgan fingerprint density at radius 1 is 1.09 bits per heavy atom. The third-order valence-electron chi connectivity index (χ3n) is 6.04. The van der Waals surface area contributed by atoms with Crippen molar-refractivity contribution >= 4 is 22.9 Å². The van der Waals surface area contributed by atoms with Gasteiger partial charge in [-0.05, 0) is 19.2 Å². The molecule has 4 heterocycles. The van der Waals surface area contributed by atoms with Gasteiger partial charge < -0.3 is 24.5 Å². The Hall–Kier alpha value is -3.24. The average Bonchev–Trinajstić information content (AvgIpc) is 3.22. The first kappa shape index (κ1) is 20.7. The lowest BCUT2D eigenvalue weighted by molar-refractivity contribution is -0.133. The quantitative estimate of drug-likeness (QED) is 0.640. The van der Waals surface area contributed by atoms with Crippen molar-refractivity contribution in [3.8, 4) is 17.0 Å². The van der Waals surface area contributed by atoms with Gasteiger partial charge in [-0.1, -0.05) is 12.1 Å². The molecular weight excluding hydrogens is 410 g/mol. The summed E-state index contributed by atoms with van der Waals surface area (Å²) in [5.41, 5.74) is 2.07. The van der Waals surface area contributed by atoms with Crippen LogP contribution in [0.15, 0.2) is 30.5 Å². The number of hydrogen-bond acceptors (Lipinski definition) is 8. The van der Waals surface area contributed by atoms with Gasteiger partial charge in [-0.2, -0.15) is 10.1 Å². The van der Waals surface area contributed by atoms with E-state index in [1.165, 1.54) is 0 Å². The van der Waals surface area contributed by atoms with Gasteiger partial charge in [-0.3, -0.25) is 4.79 Å². The molecule has 0 saturated carbocycles. The normalized spacial score (nSPS) is 17.8. The van der Waals surface area contributed by atoms with Crippen molar-refractivity contribution < 1.29 is 14.6 Å². The maximum atomic E-state index is 12.9. The van der Waals surface area contributed by atoms with Crippen molar-refractivity contribution in [1.29, 1.82) is 0 Å². The highest BCUT2D eigenvalue weighted by Crippen LogP contribution is 2.30. The number of hydrogen-bond donors (Lipinski definition) is 1. The maximum absolute atomic E-state index is 12.9. The summed E-state index contributed by atoms with van der Waals surface area (Å²) in [6.07, 6.45) is 1.70. The Morgan fingerprint density at radius 2 is 1.88 bits per heavy atom. The zero-order valence-electron chi connectivity index (χ0n) is 18.1. The number of phenolic OH excluding ortho intramolecular Hbond substituents is 1. The summed E-state index contributed by atoms with van der Waals surface area (Å²) in [4.78, 5) is 28.7. The van der Waals surface area contributed by atoms with Crippen LogP contribution < -0.4 is 4.90 Å². The number of aromatic nitrogens is 4. The monoisotopic (exact) mass is 437 g/mol. The Labute approximate surface area is 186 Å². The van der Waals surface area contributed by atoms with Crippen LogP contribution in [0.3, 0.4) is 0 Å². The second kappa shape index (κ2) is 8.71. The summed E-state index contributed by atoms with van der Waals surface area (Å²) in [7, 11) is 2.07. The van der Waals surface area contributed by atoms with E-state index in [1.807, 2.05) is 11.0 Å². The first-order valence-corrected chi connectivity index (χ1v) is 10.9. The minimum Gasteiger partial charge on any atom is -0.508 e. The predicted molar refractivity (Wildman–Crippen MR) is 120 cm³/mol. The van der Waals surface area contributed by atoms with Gasteiger partial charge in [0.15, 0.2) is 5.65 Å². The number of carbonyl (C=O) groups is 1. The van der Waals surface area contributed by atoms with Crippen molar-refractivity contribution in [3.05, 3.63) is 30.5 Å². The summed E-state index contributed by atoms with van der Waals surface area (Å²) in [6.45, 7) is 5.93. The van der Waals surface area contributed by atoms with Gasteiger partial charge in [0.1, 0.15) is 12.3 Å². The number of anilines is 1. The summed E-state index contributed by atoms with van der Waals surface area (Å²) in [6, 6.07) is 6.99. The molecule has 0 radical (unpaired) electrons. The highest BCUT2D eigenvalue weighted by atomic mass is 16.5. The lowest BCUT2D eigenvalue weighted by Crippen LogP contribution is -2.48. The molecular formula is C22H27N7O3. The number of piperazine rings is 1. The van der Waals surface area contributed by atoms with E-state index in [2.05, 4.69) is 21.9 Å². The standard InChI is InChI=1S/C22H27N7O3/c1-26-5-7-27(8-6-26)19(31)15-29-21-18(14-23-29)20(16-3-2-4-17(30)13-16)24-22(25-21)28-9-11-32-12-10-28/h2-4,13-14,30H,5-12,15H2,1H3. The van der Waals surface area contributed by atoms with E-state index in [1.54, 1.807) is 29.1 Å². The Bertz CT molecular complexity index is 1120. The third-order valence-corrected chi connectivity index (χ3v) is 6.04. The van der Waals surface area contributed by atoms with E-state index < -0.39 is 0 Å². The number of benzene rings is 1. The second-order valence-corrected chi connectivity index (χ2v) is 8.25. The van der Waals surface area contributed by atoms with Crippen molar-refractivity contribution in [2.24, 2.45) is 0 Å². The number of fused-ring (bicyclic) bond motifs is 1. The number of likely N-dealkylation sites (N-methyl/N-ethyl adjacent to an activating group) is 1. The highest BCUT2D eigenvalue weighted by Gasteiger charge is 2.23. The molecule has 10 heteroatoms. The van der Waals surface area contributed by atoms with Crippen molar-refractivity contribution in [1.82, 2.24) is 29.5 Å². The van der Waals surface area contributed by atoms with Gasteiger partial charge in [-0.25, -0.2) is 9.67 Å². The second-order valence-electron chi connectivity index (χ2n) is 8.25. The molecule has 2 aliphatic rings. The molecule has 0 atom stereocenters. The smallest absolute Gasteiger partial charge is 0.244 e. The molecule has 0 bridgehead atoms. The number of carbonyl (C=O) groups excluding carboxylic acids is 1. The van der Waals surface area contributed by atoms with E-state index in [0.717, 1.165) is 37.1 Å². The molecule has 32 heavy (non-hydrogen) atoms. The Kier molecular flexibility index (Phi) is 5.62. The molecule has 168 valence electrons. The van der Waals surface area contributed by atoms with Gasteiger partial charge in [0, 0.05) is 44.8 Å². The lowest BCUT2D eigenvalue weighted by Gasteiger charge is -2.32. The van der Waals surface area contributed by atoms with Crippen LogP contribution in [0.2, 0.25) is 0 Å². The van der Waals surface area contributed by atoms with E-state index in [0.29, 0.717) is 43.6 Å². The van der Waals surface area contributed by atoms with Crippen LogP contribution in [-0.2, 0) is 16.1 Å². The maximum Gasteiger partial charge on any atom is 0.244 e. The van der Waals surface area contributed by atoms with Gasteiger partial charge >= 0.3 is 0 Å². The molecule has 2 aromatic heterocycles. The van der Waals surface area contributed by atoms with Gasteiger partial charge in [0.05, 0.1) is 30.5 Å². The molecule has 1 N–H and O–H groups in total. The minimum absolute atomic E-state index is 0.0357. The highest BCUT2D eigenvalue weighted by molar-refractivity contribution is 5.92. The topological polar surface area (TPSA) is 99.9 Å². The van der Waals surface area contributed by atoms with Crippen LogP contribution >= 0.6 is 0 Å². The molecule has 3 aromatic rings. The predicted octanol–water partition coefficient (Wildman–Crippen LogP) is 0.809. The first-order chi connectivity index (χ1) is 15.6. The molecule has 2 aliphatic heterocycles. The molecule has 5 rings (SSSR count). The summed E-state index contributed by atoms with van der Waals surface area (Å²) in [5.74, 6) is 0.779. The zero-order valence-corrected chi connectivity index (χ0v) is 18.1. The Balaban J connectivity index is 1.53.